The maximum atomic E-state index is 11.8. The molecular weight excluding hydrogens is 230 g/mol. The van der Waals surface area contributed by atoms with Crippen molar-refractivity contribution in [1.82, 2.24) is 4.90 Å². The molecule has 0 unspecified atom stereocenters. The molecule has 18 heavy (non-hydrogen) atoms. The molecule has 0 atom stereocenters. The van der Waals surface area contributed by atoms with E-state index in [-0.39, 0.29) is 5.91 Å². The lowest BCUT2D eigenvalue weighted by Crippen LogP contribution is -2.40. The molecule has 1 saturated heterocycles. The van der Waals surface area contributed by atoms with Crippen LogP contribution in [0.2, 0.25) is 0 Å². The third-order valence-electron chi connectivity index (χ3n) is 3.10. The predicted octanol–water partition coefficient (Wildman–Crippen LogP) is 2.22. The number of carbonyl (C=O) groups excluding carboxylic acids is 1. The van der Waals surface area contributed by atoms with Crippen LogP contribution in [0, 0.1) is 0 Å². The summed E-state index contributed by atoms with van der Waals surface area (Å²) in [6.45, 7) is 7.87. The minimum Gasteiger partial charge on any atom is -0.379 e. The smallest absolute Gasteiger partial charge is 0.222 e. The van der Waals surface area contributed by atoms with Gasteiger partial charge in [-0.25, -0.2) is 0 Å². The van der Waals surface area contributed by atoms with E-state index in [1.54, 1.807) is 0 Å². The Balaban J connectivity index is 1.92. The molecule has 1 rings (SSSR count). The van der Waals surface area contributed by atoms with Crippen molar-refractivity contribution >= 4 is 5.91 Å². The second-order valence-corrected chi connectivity index (χ2v) is 5.08. The van der Waals surface area contributed by atoms with Gasteiger partial charge in [-0.05, 0) is 26.7 Å². The van der Waals surface area contributed by atoms with Crippen LogP contribution < -0.4 is 0 Å². The fourth-order valence-corrected chi connectivity index (χ4v) is 2.02. The lowest BCUT2D eigenvalue weighted by atomic mass is 10.1. The van der Waals surface area contributed by atoms with Crippen LogP contribution in [0.15, 0.2) is 0 Å². The highest BCUT2D eigenvalue weighted by molar-refractivity contribution is 5.76. The molecule has 0 bridgehead atoms. The number of rotatable bonds is 8. The molecule has 0 saturated carbocycles. The molecule has 0 aromatic heterocycles. The first-order valence-electron chi connectivity index (χ1n) is 7.17. The lowest BCUT2D eigenvalue weighted by Gasteiger charge is -2.26. The molecule has 0 aromatic carbocycles. The molecule has 0 aliphatic carbocycles. The number of nitrogens with zero attached hydrogens (tertiary/aromatic N) is 1. The summed E-state index contributed by atoms with van der Waals surface area (Å²) >= 11 is 0. The Morgan fingerprint density at radius 3 is 2.50 bits per heavy atom. The highest BCUT2D eigenvalue weighted by Gasteiger charge is 2.15. The third kappa shape index (κ3) is 6.97. The average molecular weight is 257 g/mol. The quantitative estimate of drug-likeness (QED) is 0.626. The molecule has 1 amide bonds. The first-order valence-corrected chi connectivity index (χ1v) is 7.17. The monoisotopic (exact) mass is 257 g/mol. The standard InChI is InChI=1S/C14H27NO3/c1-13(2)18-10-6-4-3-5-7-14(16)15-8-11-17-12-9-15/h13H,3-12H2,1-2H3. The van der Waals surface area contributed by atoms with Crippen molar-refractivity contribution in [2.75, 3.05) is 32.9 Å². The van der Waals surface area contributed by atoms with Crippen molar-refractivity contribution in [3.63, 3.8) is 0 Å². The lowest BCUT2D eigenvalue weighted by molar-refractivity contribution is -0.135. The fraction of sp³-hybridized carbons (Fsp3) is 0.929. The zero-order chi connectivity index (χ0) is 13.2. The van der Waals surface area contributed by atoms with E-state index in [9.17, 15) is 4.79 Å². The van der Waals surface area contributed by atoms with Gasteiger partial charge in [0.15, 0.2) is 0 Å². The van der Waals surface area contributed by atoms with E-state index in [2.05, 4.69) is 13.8 Å². The minimum atomic E-state index is 0.289. The molecule has 1 aliphatic heterocycles. The summed E-state index contributed by atoms with van der Waals surface area (Å²) < 4.78 is 10.7. The summed E-state index contributed by atoms with van der Waals surface area (Å²) in [5.74, 6) is 0.289. The predicted molar refractivity (Wildman–Crippen MR) is 71.6 cm³/mol. The zero-order valence-corrected chi connectivity index (χ0v) is 11.8. The van der Waals surface area contributed by atoms with Gasteiger partial charge in [-0.3, -0.25) is 4.79 Å². The van der Waals surface area contributed by atoms with Crippen molar-refractivity contribution in [3.8, 4) is 0 Å². The summed E-state index contributed by atoms with van der Waals surface area (Å²) in [4.78, 5) is 13.7. The zero-order valence-electron chi connectivity index (χ0n) is 11.8. The van der Waals surface area contributed by atoms with Gasteiger partial charge in [0, 0.05) is 26.1 Å². The van der Waals surface area contributed by atoms with Gasteiger partial charge in [0.2, 0.25) is 5.91 Å². The van der Waals surface area contributed by atoms with E-state index in [0.717, 1.165) is 45.4 Å². The molecular formula is C14H27NO3. The fourth-order valence-electron chi connectivity index (χ4n) is 2.02. The van der Waals surface area contributed by atoms with Gasteiger partial charge in [0.25, 0.3) is 0 Å². The molecule has 0 aromatic rings. The Morgan fingerprint density at radius 2 is 1.83 bits per heavy atom. The molecule has 0 radical (unpaired) electrons. The first kappa shape index (κ1) is 15.4. The molecule has 1 heterocycles. The Kier molecular flexibility index (Phi) is 8.01. The average Bonchev–Trinajstić information content (AvgIpc) is 2.38. The summed E-state index contributed by atoms with van der Waals surface area (Å²) in [7, 11) is 0. The highest BCUT2D eigenvalue weighted by atomic mass is 16.5. The first-order chi connectivity index (χ1) is 8.70. The second kappa shape index (κ2) is 9.34. The number of carbonyl (C=O) groups is 1. The van der Waals surface area contributed by atoms with Crippen molar-refractivity contribution in [1.29, 1.82) is 0 Å². The van der Waals surface area contributed by atoms with Gasteiger partial charge in [-0.1, -0.05) is 12.8 Å². The Labute approximate surface area is 111 Å². The molecule has 4 heteroatoms. The van der Waals surface area contributed by atoms with Crippen molar-refractivity contribution in [2.24, 2.45) is 0 Å². The maximum Gasteiger partial charge on any atom is 0.222 e. The van der Waals surface area contributed by atoms with Gasteiger partial charge < -0.3 is 14.4 Å². The Morgan fingerprint density at radius 1 is 1.17 bits per heavy atom. The number of amides is 1. The Hall–Kier alpha value is -0.610. The maximum absolute atomic E-state index is 11.8. The molecule has 1 aliphatic rings. The number of unbranched alkanes of at least 4 members (excludes halogenated alkanes) is 3. The highest BCUT2D eigenvalue weighted by Crippen LogP contribution is 2.07. The SMILES string of the molecule is CC(C)OCCCCCCC(=O)N1CCOCC1. The number of hydrogen-bond acceptors (Lipinski definition) is 3. The van der Waals surface area contributed by atoms with Crippen LogP contribution >= 0.6 is 0 Å². The van der Waals surface area contributed by atoms with Crippen LogP contribution in [0.4, 0.5) is 0 Å². The van der Waals surface area contributed by atoms with E-state index in [4.69, 9.17) is 9.47 Å². The van der Waals surface area contributed by atoms with Gasteiger partial charge in [-0.15, -0.1) is 0 Å². The van der Waals surface area contributed by atoms with Crippen LogP contribution in [0.1, 0.15) is 46.0 Å². The van der Waals surface area contributed by atoms with Gasteiger partial charge in [0.1, 0.15) is 0 Å². The summed E-state index contributed by atoms with van der Waals surface area (Å²) in [5.41, 5.74) is 0. The van der Waals surface area contributed by atoms with Crippen molar-refractivity contribution in [2.45, 2.75) is 52.1 Å². The minimum absolute atomic E-state index is 0.289. The molecule has 0 spiro atoms. The number of ether oxygens (including phenoxy) is 2. The largest absolute Gasteiger partial charge is 0.379 e. The van der Waals surface area contributed by atoms with Crippen LogP contribution in [-0.4, -0.2) is 49.8 Å². The van der Waals surface area contributed by atoms with E-state index in [1.165, 1.54) is 0 Å². The van der Waals surface area contributed by atoms with Gasteiger partial charge >= 0.3 is 0 Å². The van der Waals surface area contributed by atoms with Crippen molar-refractivity contribution < 1.29 is 14.3 Å². The van der Waals surface area contributed by atoms with Crippen LogP contribution in [0.25, 0.3) is 0 Å². The van der Waals surface area contributed by atoms with E-state index < -0.39 is 0 Å². The summed E-state index contributed by atoms with van der Waals surface area (Å²) in [5, 5.41) is 0. The van der Waals surface area contributed by atoms with E-state index in [0.29, 0.717) is 25.7 Å². The summed E-state index contributed by atoms with van der Waals surface area (Å²) in [6.07, 6.45) is 5.39. The van der Waals surface area contributed by atoms with Crippen LogP contribution in [0.5, 0.6) is 0 Å². The van der Waals surface area contributed by atoms with E-state index in [1.807, 2.05) is 4.90 Å². The number of hydrogen-bond donors (Lipinski definition) is 0. The molecule has 0 N–H and O–H groups in total. The molecule has 1 fully saturated rings. The normalized spacial score (nSPS) is 16.3. The third-order valence-corrected chi connectivity index (χ3v) is 3.10. The Bertz CT molecular complexity index is 225. The van der Waals surface area contributed by atoms with E-state index >= 15 is 0 Å². The van der Waals surface area contributed by atoms with Crippen LogP contribution in [0.3, 0.4) is 0 Å². The second-order valence-electron chi connectivity index (χ2n) is 5.08. The molecule has 106 valence electrons. The van der Waals surface area contributed by atoms with Crippen molar-refractivity contribution in [3.05, 3.63) is 0 Å². The number of morpholine rings is 1. The van der Waals surface area contributed by atoms with Gasteiger partial charge in [-0.2, -0.15) is 0 Å². The van der Waals surface area contributed by atoms with Gasteiger partial charge in [0.05, 0.1) is 19.3 Å². The molecule has 4 nitrogen and oxygen atoms in total. The topological polar surface area (TPSA) is 38.8 Å². The summed E-state index contributed by atoms with van der Waals surface area (Å²) in [6, 6.07) is 0. The van der Waals surface area contributed by atoms with Crippen LogP contribution in [-0.2, 0) is 14.3 Å².